The van der Waals surface area contributed by atoms with Crippen LogP contribution >= 0.6 is 0 Å². The van der Waals surface area contributed by atoms with Gasteiger partial charge in [-0.3, -0.25) is 19.8 Å². The van der Waals surface area contributed by atoms with E-state index in [1.165, 1.54) is 50.8 Å². The van der Waals surface area contributed by atoms with Crippen LogP contribution in [-0.2, 0) is 10.0 Å². The second-order valence-electron chi connectivity index (χ2n) is 19.5. The highest BCUT2D eigenvalue weighted by Crippen LogP contribution is 2.77. The number of nitrogens with one attached hydrogen (secondary N) is 2. The lowest BCUT2D eigenvalue weighted by atomic mass is 9.33. The van der Waals surface area contributed by atoms with Gasteiger partial charge in [0.25, 0.3) is 15.9 Å². The Labute approximate surface area is 356 Å². The van der Waals surface area contributed by atoms with Gasteiger partial charge in [-0.05, 0) is 104 Å². The van der Waals surface area contributed by atoms with E-state index in [0.717, 1.165) is 68.4 Å². The number of benzene rings is 2. The molecule has 13 nitrogen and oxygen atoms in total. The monoisotopic (exact) mass is 854 g/mol. The number of nitro benzene ring substituents is 1. The topological polar surface area (TPSA) is 160 Å². The number of halogens is 1. The van der Waals surface area contributed by atoms with Gasteiger partial charge in [0.05, 0.1) is 21.6 Å². The number of allylic oxidation sites excluding steroid dienone is 1. The Bertz CT molecular complexity index is 2500. The molecule has 2 aromatic carbocycles. The number of aromatic amines is 1. The quantitative estimate of drug-likeness (QED) is 0.0754. The van der Waals surface area contributed by atoms with Crippen molar-refractivity contribution in [1.82, 2.24) is 19.6 Å². The molecule has 2 aromatic heterocycles. The van der Waals surface area contributed by atoms with Crippen molar-refractivity contribution < 1.29 is 32.0 Å². The van der Waals surface area contributed by atoms with E-state index in [1.807, 2.05) is 6.07 Å². The molecule has 5 fully saturated rings. The smallest absolute Gasteiger partial charge is 0.312 e. The normalized spacial score (nSPS) is 24.8. The van der Waals surface area contributed by atoms with Crippen molar-refractivity contribution >= 4 is 38.3 Å². The predicted molar refractivity (Wildman–Crippen MR) is 230 cm³/mol. The van der Waals surface area contributed by atoms with Crippen LogP contribution in [0.1, 0.15) is 102 Å². The summed E-state index contributed by atoms with van der Waals surface area (Å²) in [6, 6.07) is 11.7. The van der Waals surface area contributed by atoms with Gasteiger partial charge in [0.15, 0.2) is 5.75 Å². The Hall–Kier alpha value is -5.02. The first-order chi connectivity index (χ1) is 29.0. The summed E-state index contributed by atoms with van der Waals surface area (Å²) >= 11 is 0. The number of hydrogen-bond donors (Lipinski definition) is 2. The predicted octanol–water partition coefficient (Wildman–Crippen LogP) is 9.25. The second-order valence-corrected chi connectivity index (χ2v) is 21.2. The minimum Gasteiger partial charge on any atom is -0.483 e. The number of sulfonamides is 1. The molecular weight excluding hydrogens is 800 g/mol. The lowest BCUT2D eigenvalue weighted by Crippen LogP contribution is -2.61. The third-order valence-electron chi connectivity index (χ3n) is 14.0. The van der Waals surface area contributed by atoms with E-state index in [-0.39, 0.29) is 36.5 Å². The fourth-order valence-corrected chi connectivity index (χ4v) is 11.9. The number of anilines is 1. The molecule has 61 heavy (non-hydrogen) atoms. The number of amides is 1. The molecule has 0 unspecified atom stereocenters. The fraction of sp³-hybridized carbons (Fsp3) is 0.522. The van der Waals surface area contributed by atoms with E-state index in [2.05, 4.69) is 45.3 Å². The molecule has 0 spiro atoms. The fourth-order valence-electron chi connectivity index (χ4n) is 10.9. The molecule has 1 amide bonds. The van der Waals surface area contributed by atoms with Gasteiger partial charge in [-0.1, -0.05) is 51.2 Å². The molecule has 0 radical (unpaired) electrons. The number of H-pyrrole nitrogens is 1. The second kappa shape index (κ2) is 15.4. The van der Waals surface area contributed by atoms with Crippen LogP contribution in [0.25, 0.3) is 11.0 Å². The zero-order valence-corrected chi connectivity index (χ0v) is 36.0. The van der Waals surface area contributed by atoms with Gasteiger partial charge in [0.2, 0.25) is 0 Å². The number of fused-ring (bicyclic) bond motifs is 1. The van der Waals surface area contributed by atoms with Crippen LogP contribution in [0.15, 0.2) is 77.0 Å². The van der Waals surface area contributed by atoms with Crippen molar-refractivity contribution in [3.05, 3.63) is 87.7 Å². The Morgan fingerprint density at radius 3 is 2.44 bits per heavy atom. The number of aromatic nitrogens is 2. The average Bonchev–Trinajstić information content (AvgIpc) is 3.67. The molecule has 2 N–H and O–H groups in total. The Morgan fingerprint density at radius 1 is 0.967 bits per heavy atom. The van der Waals surface area contributed by atoms with Gasteiger partial charge in [-0.2, -0.15) is 0 Å². The van der Waals surface area contributed by atoms with Crippen molar-refractivity contribution in [2.45, 2.75) is 102 Å². The van der Waals surface area contributed by atoms with Crippen molar-refractivity contribution in [3.63, 3.8) is 0 Å². The molecule has 10 rings (SSSR count). The number of pyridine rings is 1. The summed E-state index contributed by atoms with van der Waals surface area (Å²) in [5.41, 5.74) is 3.93. The molecule has 2 bridgehead atoms. The van der Waals surface area contributed by atoms with Gasteiger partial charge < -0.3 is 19.4 Å². The Kier molecular flexibility index (Phi) is 10.4. The van der Waals surface area contributed by atoms with E-state index >= 15 is 4.39 Å². The number of hydrogen-bond acceptors (Lipinski definition) is 10. The van der Waals surface area contributed by atoms with E-state index < -0.39 is 37.1 Å². The van der Waals surface area contributed by atoms with E-state index in [1.54, 1.807) is 35.5 Å². The minimum absolute atomic E-state index is 0.0579. The number of piperazine rings is 1. The molecule has 5 aliphatic carbocycles. The highest BCUT2D eigenvalue weighted by Gasteiger charge is 2.66. The average molecular weight is 855 g/mol. The highest BCUT2D eigenvalue weighted by molar-refractivity contribution is 7.90. The van der Waals surface area contributed by atoms with Gasteiger partial charge >= 0.3 is 5.69 Å². The summed E-state index contributed by atoms with van der Waals surface area (Å²) in [7, 11) is -4.63. The van der Waals surface area contributed by atoms with Crippen molar-refractivity contribution in [2.24, 2.45) is 16.2 Å². The van der Waals surface area contributed by atoms with Gasteiger partial charge in [0.1, 0.15) is 29.4 Å². The largest absolute Gasteiger partial charge is 0.483 e. The zero-order chi connectivity index (χ0) is 42.8. The van der Waals surface area contributed by atoms with Crippen LogP contribution in [0.5, 0.6) is 17.2 Å². The van der Waals surface area contributed by atoms with Crippen LogP contribution in [-0.4, -0.2) is 79.1 Å². The summed E-state index contributed by atoms with van der Waals surface area (Å²) in [5.74, 6) is -0.775. The molecular formula is C46H55FN6O7S. The number of carbonyl (C=O) groups is 1. The third-order valence-corrected chi connectivity index (χ3v) is 15.3. The van der Waals surface area contributed by atoms with E-state index in [4.69, 9.17) is 9.47 Å². The van der Waals surface area contributed by atoms with Crippen LogP contribution in [0, 0.1) is 26.4 Å². The van der Waals surface area contributed by atoms with Crippen LogP contribution in [0.2, 0.25) is 0 Å². The number of carbonyl (C=O) groups excluding carboxylic acids is 1. The number of ether oxygens (including phenoxy) is 2. The molecule has 3 heterocycles. The number of alkyl halides is 1. The third kappa shape index (κ3) is 8.35. The molecule has 4 aromatic rings. The minimum atomic E-state index is -4.63. The highest BCUT2D eigenvalue weighted by atomic mass is 32.2. The first-order valence-corrected chi connectivity index (χ1v) is 23.1. The van der Waals surface area contributed by atoms with E-state index in [9.17, 15) is 23.3 Å². The van der Waals surface area contributed by atoms with Crippen LogP contribution in [0.3, 0.4) is 0 Å². The number of nitro groups is 1. The summed E-state index contributed by atoms with van der Waals surface area (Å²) in [5, 5.41) is 12.8. The lowest BCUT2D eigenvalue weighted by molar-refractivity contribution is -0.386. The van der Waals surface area contributed by atoms with Gasteiger partial charge in [0, 0.05) is 62.1 Å². The maximum atomic E-state index is 15.2. The van der Waals surface area contributed by atoms with Crippen molar-refractivity contribution in [3.8, 4) is 17.2 Å². The standard InChI is InChI=1S/C46H55FN6O7S/c1-43(2)15-11-32(37(24-43)45-27-44(3,28-45)29-45)26-51-17-19-52(20-18-51)33-7-9-36(40(22-33)60-34-21-31-12-16-48-41(31)49-25-34)42(54)50-61(57,58)35-8-10-39(38(23-35)53(55)56)59-30-46(47)13-5-4-6-14-46/h7-10,12,16,21-23,25H,4-6,11,13-15,17-20,24,26-30H2,1-3H3,(H,48,49)(H,50,54). The van der Waals surface area contributed by atoms with Crippen molar-refractivity contribution in [1.29, 1.82) is 0 Å². The summed E-state index contributed by atoms with van der Waals surface area (Å²) < 4.78 is 56.5. The SMILES string of the molecule is CC1(C)CCC(CN2CCN(c3ccc(C(=O)NS(=O)(=O)c4ccc(OCC5(F)CCCCC5)c([N+](=O)[O-])c4)c(Oc4cnc5[nH]ccc5c4)c3)CC2)=C(C23CC(C)(C2)C3)C1. The number of rotatable bonds is 13. The number of nitrogens with zero attached hydrogens (tertiary/aromatic N) is 4. The first kappa shape index (κ1) is 41.3. The molecule has 15 heteroatoms. The Balaban J connectivity index is 0.924. The zero-order valence-electron chi connectivity index (χ0n) is 35.2. The van der Waals surface area contributed by atoms with E-state index in [0.29, 0.717) is 40.5 Å². The maximum Gasteiger partial charge on any atom is 0.312 e. The Morgan fingerprint density at radius 2 is 1.72 bits per heavy atom. The summed E-state index contributed by atoms with van der Waals surface area (Å²) in [4.78, 5) is 36.9. The summed E-state index contributed by atoms with van der Waals surface area (Å²) in [6.45, 7) is 11.2. The van der Waals surface area contributed by atoms with Gasteiger partial charge in [-0.25, -0.2) is 22.5 Å². The molecule has 1 saturated heterocycles. The maximum absolute atomic E-state index is 15.2. The van der Waals surface area contributed by atoms with Gasteiger partial charge in [-0.15, -0.1) is 0 Å². The molecule has 4 saturated carbocycles. The molecule has 1 aliphatic heterocycles. The van der Waals surface area contributed by atoms with Crippen LogP contribution < -0.4 is 19.1 Å². The molecule has 324 valence electrons. The van der Waals surface area contributed by atoms with Crippen molar-refractivity contribution in [2.75, 3.05) is 44.2 Å². The molecule has 6 aliphatic rings. The lowest BCUT2D eigenvalue weighted by Gasteiger charge is -2.72. The first-order valence-electron chi connectivity index (χ1n) is 21.6. The summed E-state index contributed by atoms with van der Waals surface area (Å²) in [6.07, 6.45) is 13.8. The molecule has 0 atom stereocenters. The van der Waals surface area contributed by atoms with Crippen LogP contribution in [0.4, 0.5) is 15.8 Å².